The molecule has 1 aromatic rings. The minimum atomic E-state index is 0.755. The molecule has 0 bridgehead atoms. The molecule has 1 heterocycles. The standard InChI is InChI=1S/C18H34N6/c1-3-17-23-22-15-24(17)13-12-20-18(19-4-2)21-14-16-10-8-6-5-7-9-11-16/h15-16H,3-14H2,1-2H3,(H2,19,20,21). The molecule has 0 saturated heterocycles. The van der Waals surface area contributed by atoms with Gasteiger partial charge in [0.25, 0.3) is 0 Å². The molecule has 1 aliphatic carbocycles. The molecule has 2 rings (SSSR count). The fourth-order valence-corrected chi connectivity index (χ4v) is 3.32. The number of nitrogens with zero attached hydrogens (tertiary/aromatic N) is 4. The molecule has 0 unspecified atom stereocenters. The third kappa shape index (κ3) is 6.49. The van der Waals surface area contributed by atoms with E-state index in [0.717, 1.165) is 50.3 Å². The average molecular weight is 335 g/mol. The molecular weight excluding hydrogens is 300 g/mol. The second-order valence-electron chi connectivity index (χ2n) is 6.65. The maximum atomic E-state index is 4.82. The average Bonchev–Trinajstić information content (AvgIpc) is 3.01. The Labute approximate surface area is 146 Å². The summed E-state index contributed by atoms with van der Waals surface area (Å²) in [6, 6.07) is 0. The number of aliphatic imine (C=N–C) groups is 1. The van der Waals surface area contributed by atoms with Crippen LogP contribution in [0.1, 0.15) is 64.6 Å². The van der Waals surface area contributed by atoms with E-state index in [0.29, 0.717) is 0 Å². The van der Waals surface area contributed by atoms with E-state index < -0.39 is 0 Å². The second-order valence-corrected chi connectivity index (χ2v) is 6.65. The number of aromatic nitrogens is 3. The smallest absolute Gasteiger partial charge is 0.191 e. The van der Waals surface area contributed by atoms with Gasteiger partial charge in [-0.15, -0.1) is 10.2 Å². The van der Waals surface area contributed by atoms with Gasteiger partial charge in [-0.25, -0.2) is 0 Å². The van der Waals surface area contributed by atoms with Crippen LogP contribution in [0.15, 0.2) is 11.3 Å². The molecule has 1 aromatic heterocycles. The monoisotopic (exact) mass is 334 g/mol. The predicted molar refractivity (Wildman–Crippen MR) is 99.2 cm³/mol. The van der Waals surface area contributed by atoms with Gasteiger partial charge >= 0.3 is 0 Å². The highest BCUT2D eigenvalue weighted by molar-refractivity contribution is 5.79. The third-order valence-corrected chi connectivity index (χ3v) is 4.73. The van der Waals surface area contributed by atoms with Crippen LogP contribution in [0, 0.1) is 5.92 Å². The Morgan fingerprint density at radius 3 is 2.62 bits per heavy atom. The van der Waals surface area contributed by atoms with Gasteiger partial charge in [0.1, 0.15) is 12.2 Å². The summed E-state index contributed by atoms with van der Waals surface area (Å²) >= 11 is 0. The van der Waals surface area contributed by atoms with E-state index in [1.165, 1.54) is 44.9 Å². The Bertz CT molecular complexity index is 474. The molecule has 1 aliphatic rings. The number of aryl methyl sites for hydroxylation is 1. The van der Waals surface area contributed by atoms with Crippen molar-refractivity contribution in [3.8, 4) is 0 Å². The molecule has 0 aliphatic heterocycles. The maximum Gasteiger partial charge on any atom is 0.191 e. The summed E-state index contributed by atoms with van der Waals surface area (Å²) in [6.07, 6.45) is 12.4. The van der Waals surface area contributed by atoms with Crippen molar-refractivity contribution in [1.82, 2.24) is 25.4 Å². The highest BCUT2D eigenvalue weighted by atomic mass is 15.3. The van der Waals surface area contributed by atoms with Crippen LogP contribution < -0.4 is 10.6 Å². The molecular formula is C18H34N6. The van der Waals surface area contributed by atoms with Crippen LogP contribution in [-0.2, 0) is 13.0 Å². The van der Waals surface area contributed by atoms with Gasteiger partial charge in [0, 0.05) is 32.6 Å². The number of hydrogen-bond acceptors (Lipinski definition) is 3. The lowest BCUT2D eigenvalue weighted by Crippen LogP contribution is -2.39. The van der Waals surface area contributed by atoms with Gasteiger partial charge in [0.2, 0.25) is 0 Å². The SMILES string of the molecule is CCNC(=NCC1CCCCCCC1)NCCn1cnnc1CC. The lowest BCUT2D eigenvalue weighted by atomic mass is 9.91. The zero-order valence-corrected chi connectivity index (χ0v) is 15.4. The van der Waals surface area contributed by atoms with Crippen LogP contribution in [0.25, 0.3) is 0 Å². The van der Waals surface area contributed by atoms with Gasteiger partial charge in [-0.2, -0.15) is 0 Å². The fraction of sp³-hybridized carbons (Fsp3) is 0.833. The lowest BCUT2D eigenvalue weighted by molar-refractivity contribution is 0.385. The Morgan fingerprint density at radius 1 is 1.17 bits per heavy atom. The van der Waals surface area contributed by atoms with Gasteiger partial charge < -0.3 is 15.2 Å². The van der Waals surface area contributed by atoms with Crippen molar-refractivity contribution in [3.05, 3.63) is 12.2 Å². The molecule has 2 N–H and O–H groups in total. The summed E-state index contributed by atoms with van der Waals surface area (Å²) in [5.74, 6) is 2.73. The van der Waals surface area contributed by atoms with Gasteiger partial charge in [-0.05, 0) is 25.7 Å². The normalized spacial score (nSPS) is 17.3. The van der Waals surface area contributed by atoms with Crippen molar-refractivity contribution in [2.45, 2.75) is 71.8 Å². The molecule has 136 valence electrons. The molecule has 24 heavy (non-hydrogen) atoms. The van der Waals surface area contributed by atoms with Crippen molar-refractivity contribution in [3.63, 3.8) is 0 Å². The van der Waals surface area contributed by atoms with Gasteiger partial charge in [0.15, 0.2) is 5.96 Å². The summed E-state index contributed by atoms with van der Waals surface area (Å²) in [6.45, 7) is 7.76. The maximum absolute atomic E-state index is 4.82. The van der Waals surface area contributed by atoms with Crippen LogP contribution in [0.5, 0.6) is 0 Å². The summed E-state index contributed by atoms with van der Waals surface area (Å²) in [5, 5.41) is 14.9. The molecule has 0 spiro atoms. The minimum absolute atomic E-state index is 0.755. The van der Waals surface area contributed by atoms with Crippen LogP contribution in [0.4, 0.5) is 0 Å². The highest BCUT2D eigenvalue weighted by Crippen LogP contribution is 2.22. The summed E-state index contributed by atoms with van der Waals surface area (Å²) in [5.41, 5.74) is 0. The van der Waals surface area contributed by atoms with E-state index in [4.69, 9.17) is 4.99 Å². The number of hydrogen-bond donors (Lipinski definition) is 2. The van der Waals surface area contributed by atoms with E-state index >= 15 is 0 Å². The number of rotatable bonds is 7. The first kappa shape index (κ1) is 18.7. The Morgan fingerprint density at radius 2 is 1.92 bits per heavy atom. The van der Waals surface area contributed by atoms with Crippen LogP contribution in [0.3, 0.4) is 0 Å². The van der Waals surface area contributed by atoms with E-state index in [2.05, 4.69) is 39.2 Å². The van der Waals surface area contributed by atoms with E-state index in [-0.39, 0.29) is 0 Å². The lowest BCUT2D eigenvalue weighted by Gasteiger charge is -2.19. The van der Waals surface area contributed by atoms with Crippen molar-refractivity contribution >= 4 is 5.96 Å². The van der Waals surface area contributed by atoms with Crippen LogP contribution in [-0.4, -0.2) is 40.4 Å². The van der Waals surface area contributed by atoms with Crippen molar-refractivity contribution < 1.29 is 0 Å². The molecule has 0 atom stereocenters. The first-order chi connectivity index (χ1) is 11.8. The Hall–Kier alpha value is -1.59. The molecule has 0 radical (unpaired) electrons. The second kappa shape index (κ2) is 11.0. The molecule has 1 saturated carbocycles. The summed E-state index contributed by atoms with van der Waals surface area (Å²) < 4.78 is 2.10. The van der Waals surface area contributed by atoms with Gasteiger partial charge in [-0.1, -0.05) is 39.0 Å². The number of guanidine groups is 1. The highest BCUT2D eigenvalue weighted by Gasteiger charge is 2.11. The zero-order chi connectivity index (χ0) is 17.0. The third-order valence-electron chi connectivity index (χ3n) is 4.73. The quantitative estimate of drug-likeness (QED) is 0.594. The molecule has 6 nitrogen and oxygen atoms in total. The van der Waals surface area contributed by atoms with Crippen molar-refractivity contribution in [1.29, 1.82) is 0 Å². The number of nitrogens with one attached hydrogen (secondary N) is 2. The first-order valence-electron chi connectivity index (χ1n) is 9.72. The molecule has 6 heteroatoms. The van der Waals surface area contributed by atoms with Crippen molar-refractivity contribution in [2.75, 3.05) is 19.6 Å². The molecule has 1 fully saturated rings. The zero-order valence-electron chi connectivity index (χ0n) is 15.4. The Balaban J connectivity index is 1.79. The van der Waals surface area contributed by atoms with Gasteiger partial charge in [0.05, 0.1) is 0 Å². The summed E-state index contributed by atoms with van der Waals surface area (Å²) in [4.78, 5) is 4.82. The summed E-state index contributed by atoms with van der Waals surface area (Å²) in [7, 11) is 0. The largest absolute Gasteiger partial charge is 0.357 e. The fourth-order valence-electron chi connectivity index (χ4n) is 3.32. The molecule has 0 aromatic carbocycles. The minimum Gasteiger partial charge on any atom is -0.357 e. The van der Waals surface area contributed by atoms with Crippen LogP contribution in [0.2, 0.25) is 0 Å². The van der Waals surface area contributed by atoms with Crippen molar-refractivity contribution in [2.24, 2.45) is 10.9 Å². The van der Waals surface area contributed by atoms with Gasteiger partial charge in [-0.3, -0.25) is 4.99 Å². The first-order valence-corrected chi connectivity index (χ1v) is 9.72. The topological polar surface area (TPSA) is 67.1 Å². The Kier molecular flexibility index (Phi) is 8.63. The van der Waals surface area contributed by atoms with E-state index in [9.17, 15) is 0 Å². The van der Waals surface area contributed by atoms with Crippen LogP contribution >= 0.6 is 0 Å². The molecule has 0 amide bonds. The van der Waals surface area contributed by atoms with E-state index in [1.54, 1.807) is 6.33 Å². The predicted octanol–water partition coefficient (Wildman–Crippen LogP) is 2.76. The van der Waals surface area contributed by atoms with E-state index in [1.807, 2.05) is 0 Å².